The van der Waals surface area contributed by atoms with Crippen molar-refractivity contribution in [2.24, 2.45) is 5.92 Å². The summed E-state index contributed by atoms with van der Waals surface area (Å²) >= 11 is 1.50. The summed E-state index contributed by atoms with van der Waals surface area (Å²) < 4.78 is 5.43. The molecule has 2 aromatic rings. The van der Waals surface area contributed by atoms with Crippen LogP contribution in [0.25, 0.3) is 0 Å². The molecule has 1 amide bonds. The standard InChI is InChI=1S/C19H17N3O2S/c1-12-2-7-15-16(10-21)19(25-17(15)8-12)22-18(23)11-24-14-5-3-13(9-20)4-6-14/h3-6,12H,2,7-8,11H2,1H3,(H,22,23). The van der Waals surface area contributed by atoms with Gasteiger partial charge in [-0.15, -0.1) is 11.3 Å². The van der Waals surface area contributed by atoms with Crippen molar-refractivity contribution in [3.63, 3.8) is 0 Å². The molecule has 6 heteroatoms. The number of nitrogens with zero attached hydrogens (tertiary/aromatic N) is 2. The molecule has 0 radical (unpaired) electrons. The lowest BCUT2D eigenvalue weighted by atomic mass is 9.89. The third kappa shape index (κ3) is 3.81. The molecule has 5 nitrogen and oxygen atoms in total. The molecule has 1 N–H and O–H groups in total. The number of rotatable bonds is 4. The first-order valence-electron chi connectivity index (χ1n) is 8.08. The number of benzene rings is 1. The number of amides is 1. The highest BCUT2D eigenvalue weighted by molar-refractivity contribution is 7.16. The zero-order valence-electron chi connectivity index (χ0n) is 13.8. The normalized spacial score (nSPS) is 15.6. The fourth-order valence-electron chi connectivity index (χ4n) is 2.89. The smallest absolute Gasteiger partial charge is 0.262 e. The minimum atomic E-state index is -0.299. The van der Waals surface area contributed by atoms with Crippen molar-refractivity contribution < 1.29 is 9.53 Å². The first kappa shape index (κ1) is 17.0. The molecule has 1 aromatic carbocycles. The van der Waals surface area contributed by atoms with E-state index >= 15 is 0 Å². The molecular formula is C19H17N3O2S. The SMILES string of the molecule is CC1CCc2c(sc(NC(=O)COc3ccc(C#N)cc3)c2C#N)C1. The Morgan fingerprint density at radius 1 is 1.32 bits per heavy atom. The summed E-state index contributed by atoms with van der Waals surface area (Å²) in [6.45, 7) is 2.06. The van der Waals surface area contributed by atoms with E-state index in [1.54, 1.807) is 24.3 Å². The average Bonchev–Trinajstić information content (AvgIpc) is 2.96. The Bertz CT molecular complexity index is 872. The molecule has 1 heterocycles. The van der Waals surface area contributed by atoms with Crippen molar-refractivity contribution in [2.45, 2.75) is 26.2 Å². The second kappa shape index (κ2) is 7.38. The fraction of sp³-hybridized carbons (Fsp3) is 0.316. The molecule has 0 fully saturated rings. The zero-order chi connectivity index (χ0) is 17.8. The third-order valence-corrected chi connectivity index (χ3v) is 5.40. The molecule has 0 spiro atoms. The molecule has 25 heavy (non-hydrogen) atoms. The minimum Gasteiger partial charge on any atom is -0.484 e. The molecule has 3 rings (SSSR count). The second-order valence-electron chi connectivity index (χ2n) is 6.14. The predicted octanol–water partition coefficient (Wildman–Crippen LogP) is 3.63. The number of hydrogen-bond donors (Lipinski definition) is 1. The van der Waals surface area contributed by atoms with Crippen LogP contribution in [0.3, 0.4) is 0 Å². The molecular weight excluding hydrogens is 334 g/mol. The quantitative estimate of drug-likeness (QED) is 0.911. The molecule has 1 atom stereocenters. The van der Waals surface area contributed by atoms with E-state index in [1.165, 1.54) is 16.2 Å². The molecule has 0 saturated carbocycles. The fourth-order valence-corrected chi connectivity index (χ4v) is 4.27. The molecule has 126 valence electrons. The van der Waals surface area contributed by atoms with Gasteiger partial charge in [0.05, 0.1) is 17.2 Å². The Balaban J connectivity index is 1.65. The molecule has 1 aromatic heterocycles. The van der Waals surface area contributed by atoms with Crippen LogP contribution in [0.5, 0.6) is 5.75 Å². The zero-order valence-corrected chi connectivity index (χ0v) is 14.7. The molecule has 0 saturated heterocycles. The van der Waals surface area contributed by atoms with Crippen LogP contribution in [0.1, 0.15) is 34.9 Å². The van der Waals surface area contributed by atoms with Gasteiger partial charge >= 0.3 is 0 Å². The maximum absolute atomic E-state index is 12.2. The molecule has 1 unspecified atom stereocenters. The highest BCUT2D eigenvalue weighted by Crippen LogP contribution is 2.39. The highest BCUT2D eigenvalue weighted by Gasteiger charge is 2.24. The van der Waals surface area contributed by atoms with Crippen molar-refractivity contribution in [2.75, 3.05) is 11.9 Å². The van der Waals surface area contributed by atoms with Gasteiger partial charge in [0, 0.05) is 4.88 Å². The number of hydrogen-bond acceptors (Lipinski definition) is 5. The van der Waals surface area contributed by atoms with Crippen LogP contribution in [0, 0.1) is 28.6 Å². The molecule has 0 bridgehead atoms. The monoisotopic (exact) mass is 351 g/mol. The maximum atomic E-state index is 12.2. The van der Waals surface area contributed by atoms with Crippen LogP contribution in [0.15, 0.2) is 24.3 Å². The lowest BCUT2D eigenvalue weighted by molar-refractivity contribution is -0.118. The number of carbonyl (C=O) groups excluding carboxylic acids is 1. The number of carbonyl (C=O) groups is 1. The Labute approximate surface area is 150 Å². The van der Waals surface area contributed by atoms with Crippen LogP contribution >= 0.6 is 11.3 Å². The van der Waals surface area contributed by atoms with E-state index in [-0.39, 0.29) is 12.5 Å². The Kier molecular flexibility index (Phi) is 5.02. The Morgan fingerprint density at radius 2 is 2.08 bits per heavy atom. The van der Waals surface area contributed by atoms with Crippen LogP contribution in [0.2, 0.25) is 0 Å². The molecule has 1 aliphatic rings. The summed E-state index contributed by atoms with van der Waals surface area (Å²) in [5.41, 5.74) is 2.22. The Hall–Kier alpha value is -2.83. The van der Waals surface area contributed by atoms with Crippen LogP contribution < -0.4 is 10.1 Å². The van der Waals surface area contributed by atoms with Crippen molar-refractivity contribution in [3.8, 4) is 17.9 Å². The van der Waals surface area contributed by atoms with Crippen molar-refractivity contribution in [1.29, 1.82) is 10.5 Å². The number of anilines is 1. The molecule has 0 aliphatic heterocycles. The van der Waals surface area contributed by atoms with Crippen LogP contribution in [-0.2, 0) is 17.6 Å². The maximum Gasteiger partial charge on any atom is 0.262 e. The lowest BCUT2D eigenvalue weighted by Gasteiger charge is -2.17. The van der Waals surface area contributed by atoms with Gasteiger partial charge < -0.3 is 10.1 Å². The lowest BCUT2D eigenvalue weighted by Crippen LogP contribution is -2.20. The number of ether oxygens (including phenoxy) is 1. The Morgan fingerprint density at radius 3 is 2.76 bits per heavy atom. The van der Waals surface area contributed by atoms with Gasteiger partial charge in [-0.3, -0.25) is 4.79 Å². The van der Waals surface area contributed by atoms with E-state index in [9.17, 15) is 10.1 Å². The highest BCUT2D eigenvalue weighted by atomic mass is 32.1. The topological polar surface area (TPSA) is 85.9 Å². The third-order valence-electron chi connectivity index (χ3n) is 4.23. The van der Waals surface area contributed by atoms with Crippen LogP contribution in [-0.4, -0.2) is 12.5 Å². The van der Waals surface area contributed by atoms with Crippen molar-refractivity contribution in [1.82, 2.24) is 0 Å². The summed E-state index contributed by atoms with van der Waals surface area (Å²) in [7, 11) is 0. The molecule has 1 aliphatic carbocycles. The number of fused-ring (bicyclic) bond motifs is 1. The van der Waals surface area contributed by atoms with Gasteiger partial charge in [-0.05, 0) is 55.0 Å². The van der Waals surface area contributed by atoms with Crippen LogP contribution in [0.4, 0.5) is 5.00 Å². The largest absolute Gasteiger partial charge is 0.484 e. The second-order valence-corrected chi connectivity index (χ2v) is 7.25. The minimum absolute atomic E-state index is 0.143. The van der Waals surface area contributed by atoms with Gasteiger partial charge in [0.25, 0.3) is 5.91 Å². The summed E-state index contributed by atoms with van der Waals surface area (Å²) in [4.78, 5) is 13.4. The van der Waals surface area contributed by atoms with E-state index in [1.807, 2.05) is 6.07 Å². The summed E-state index contributed by atoms with van der Waals surface area (Å²) in [6, 6.07) is 10.8. The van der Waals surface area contributed by atoms with Gasteiger partial charge in [-0.25, -0.2) is 0 Å². The first-order chi connectivity index (χ1) is 12.1. The predicted molar refractivity (Wildman–Crippen MR) is 95.5 cm³/mol. The van der Waals surface area contributed by atoms with E-state index in [2.05, 4.69) is 18.3 Å². The first-order valence-corrected chi connectivity index (χ1v) is 8.89. The number of nitriles is 2. The summed E-state index contributed by atoms with van der Waals surface area (Å²) in [5.74, 6) is 0.836. The van der Waals surface area contributed by atoms with Gasteiger partial charge in [-0.1, -0.05) is 6.92 Å². The summed E-state index contributed by atoms with van der Waals surface area (Å²) in [6.07, 6.45) is 2.94. The van der Waals surface area contributed by atoms with Gasteiger partial charge in [0.2, 0.25) is 0 Å². The van der Waals surface area contributed by atoms with Gasteiger partial charge in [0.15, 0.2) is 6.61 Å². The van der Waals surface area contributed by atoms with Gasteiger partial charge in [-0.2, -0.15) is 10.5 Å². The van der Waals surface area contributed by atoms with E-state index in [0.717, 1.165) is 24.8 Å². The van der Waals surface area contributed by atoms with E-state index in [0.29, 0.717) is 27.8 Å². The van der Waals surface area contributed by atoms with E-state index < -0.39 is 0 Å². The van der Waals surface area contributed by atoms with Crippen molar-refractivity contribution >= 4 is 22.2 Å². The van der Waals surface area contributed by atoms with Crippen molar-refractivity contribution in [3.05, 3.63) is 45.8 Å². The average molecular weight is 351 g/mol. The van der Waals surface area contributed by atoms with Gasteiger partial charge in [0.1, 0.15) is 16.8 Å². The number of thiophene rings is 1. The van der Waals surface area contributed by atoms with E-state index in [4.69, 9.17) is 10.00 Å². The summed E-state index contributed by atoms with van der Waals surface area (Å²) in [5, 5.41) is 21.6. The number of nitrogens with one attached hydrogen (secondary N) is 1.